The quantitative estimate of drug-likeness (QED) is 0.404. The predicted molar refractivity (Wildman–Crippen MR) is 66.1 cm³/mol. The summed E-state index contributed by atoms with van der Waals surface area (Å²) in [5, 5.41) is 0. The van der Waals surface area contributed by atoms with Crippen molar-refractivity contribution in [2.75, 3.05) is 6.61 Å². The molecule has 0 aromatic rings. The third kappa shape index (κ3) is 3.99. The van der Waals surface area contributed by atoms with E-state index in [1.165, 1.54) is 12.0 Å². The summed E-state index contributed by atoms with van der Waals surface area (Å²) in [5.41, 5.74) is 1.41. The molecule has 0 amide bonds. The monoisotopic (exact) mass is 224 g/mol. The van der Waals surface area contributed by atoms with Gasteiger partial charge in [-0.15, -0.1) is 0 Å². The average molecular weight is 224 g/mol. The number of hydrogen-bond donors (Lipinski definition) is 0. The molecule has 2 nitrogen and oxygen atoms in total. The van der Waals surface area contributed by atoms with Gasteiger partial charge in [-0.05, 0) is 32.1 Å². The molecule has 0 saturated heterocycles. The number of esters is 1. The maximum Gasteiger partial charge on any atom is 0.309 e. The standard InChI is InChI=1S/C14H24O2/c1-4-5-6-9-16-14(15)13-8-7-11(2)10-12(13)3/h10,12-13H,4-9H2,1-3H3. The lowest BCUT2D eigenvalue weighted by Gasteiger charge is -2.25. The van der Waals surface area contributed by atoms with Crippen molar-refractivity contribution in [1.82, 2.24) is 0 Å². The number of ether oxygens (including phenoxy) is 1. The molecule has 1 rings (SSSR count). The summed E-state index contributed by atoms with van der Waals surface area (Å²) in [6, 6.07) is 0. The fraction of sp³-hybridized carbons (Fsp3) is 0.786. The Morgan fingerprint density at radius 2 is 2.25 bits per heavy atom. The largest absolute Gasteiger partial charge is 0.465 e. The van der Waals surface area contributed by atoms with Gasteiger partial charge in [0, 0.05) is 0 Å². The van der Waals surface area contributed by atoms with E-state index in [1.54, 1.807) is 0 Å². The normalized spacial score (nSPS) is 25.1. The molecule has 2 atom stereocenters. The Morgan fingerprint density at radius 3 is 2.88 bits per heavy atom. The minimum atomic E-state index is 0.00681. The molecular weight excluding hydrogens is 200 g/mol. The number of allylic oxidation sites excluding steroid dienone is 2. The third-order valence-corrected chi connectivity index (χ3v) is 3.33. The first-order valence-electron chi connectivity index (χ1n) is 6.49. The zero-order chi connectivity index (χ0) is 12.0. The van der Waals surface area contributed by atoms with E-state index in [1.807, 2.05) is 0 Å². The van der Waals surface area contributed by atoms with Crippen molar-refractivity contribution in [2.24, 2.45) is 11.8 Å². The zero-order valence-electron chi connectivity index (χ0n) is 10.8. The molecule has 2 unspecified atom stereocenters. The summed E-state index contributed by atoms with van der Waals surface area (Å²) in [5.74, 6) is 0.435. The first kappa shape index (κ1) is 13.3. The van der Waals surface area contributed by atoms with E-state index in [2.05, 4.69) is 26.8 Å². The Bertz CT molecular complexity index is 255. The number of carbonyl (C=O) groups is 1. The van der Waals surface area contributed by atoms with Gasteiger partial charge in [-0.25, -0.2) is 0 Å². The van der Waals surface area contributed by atoms with Crippen molar-refractivity contribution < 1.29 is 9.53 Å². The molecule has 0 bridgehead atoms. The lowest BCUT2D eigenvalue weighted by Crippen LogP contribution is -2.26. The van der Waals surface area contributed by atoms with Crippen LogP contribution in [0.5, 0.6) is 0 Å². The molecule has 0 aliphatic heterocycles. The molecular formula is C14H24O2. The second kappa shape index (κ2) is 6.72. The van der Waals surface area contributed by atoms with E-state index < -0.39 is 0 Å². The number of unbranched alkanes of at least 4 members (excludes halogenated alkanes) is 2. The van der Waals surface area contributed by atoms with Crippen LogP contribution in [0.2, 0.25) is 0 Å². The molecule has 16 heavy (non-hydrogen) atoms. The highest BCUT2D eigenvalue weighted by molar-refractivity contribution is 5.73. The van der Waals surface area contributed by atoms with Crippen LogP contribution in [0.15, 0.2) is 11.6 Å². The molecule has 1 aliphatic carbocycles. The van der Waals surface area contributed by atoms with Crippen LogP contribution in [-0.2, 0) is 9.53 Å². The van der Waals surface area contributed by atoms with Crippen molar-refractivity contribution >= 4 is 5.97 Å². The lowest BCUT2D eigenvalue weighted by atomic mass is 9.82. The fourth-order valence-electron chi connectivity index (χ4n) is 2.26. The Balaban J connectivity index is 2.31. The zero-order valence-corrected chi connectivity index (χ0v) is 10.8. The summed E-state index contributed by atoms with van der Waals surface area (Å²) in [4.78, 5) is 11.8. The molecule has 0 spiro atoms. The maximum atomic E-state index is 11.8. The van der Waals surface area contributed by atoms with Crippen LogP contribution >= 0.6 is 0 Å². The van der Waals surface area contributed by atoms with Gasteiger partial charge >= 0.3 is 5.97 Å². The second-order valence-electron chi connectivity index (χ2n) is 4.89. The fourth-order valence-corrected chi connectivity index (χ4v) is 2.26. The summed E-state index contributed by atoms with van der Waals surface area (Å²) in [6.45, 7) is 7.00. The maximum absolute atomic E-state index is 11.8. The summed E-state index contributed by atoms with van der Waals surface area (Å²) >= 11 is 0. The molecule has 0 aromatic heterocycles. The first-order valence-corrected chi connectivity index (χ1v) is 6.49. The van der Waals surface area contributed by atoms with Gasteiger partial charge in [-0.3, -0.25) is 4.79 Å². The van der Waals surface area contributed by atoms with Crippen LogP contribution in [0.3, 0.4) is 0 Å². The van der Waals surface area contributed by atoms with Gasteiger partial charge in [0.2, 0.25) is 0 Å². The van der Waals surface area contributed by atoms with E-state index in [0.717, 1.165) is 25.7 Å². The SMILES string of the molecule is CCCCCOC(=O)C1CCC(C)=CC1C. The Morgan fingerprint density at radius 1 is 1.50 bits per heavy atom. The van der Waals surface area contributed by atoms with Crippen molar-refractivity contribution in [3.05, 3.63) is 11.6 Å². The summed E-state index contributed by atoms with van der Waals surface area (Å²) in [7, 11) is 0. The summed E-state index contributed by atoms with van der Waals surface area (Å²) < 4.78 is 5.32. The number of hydrogen-bond acceptors (Lipinski definition) is 2. The van der Waals surface area contributed by atoms with Crippen molar-refractivity contribution in [1.29, 1.82) is 0 Å². The molecule has 0 N–H and O–H groups in total. The molecule has 0 aromatic carbocycles. The Hall–Kier alpha value is -0.790. The van der Waals surface area contributed by atoms with Gasteiger partial charge < -0.3 is 4.74 Å². The Labute approximate surface area is 99.1 Å². The highest BCUT2D eigenvalue weighted by Gasteiger charge is 2.27. The first-order chi connectivity index (χ1) is 7.65. The lowest BCUT2D eigenvalue weighted by molar-refractivity contribution is -0.150. The molecule has 0 heterocycles. The van der Waals surface area contributed by atoms with Gasteiger partial charge in [-0.2, -0.15) is 0 Å². The van der Waals surface area contributed by atoms with Gasteiger partial charge in [-0.1, -0.05) is 38.3 Å². The topological polar surface area (TPSA) is 26.3 Å². The molecule has 92 valence electrons. The van der Waals surface area contributed by atoms with Gasteiger partial charge in [0.1, 0.15) is 0 Å². The van der Waals surface area contributed by atoms with Crippen LogP contribution in [0, 0.1) is 11.8 Å². The van der Waals surface area contributed by atoms with Crippen molar-refractivity contribution in [3.63, 3.8) is 0 Å². The van der Waals surface area contributed by atoms with Gasteiger partial charge in [0.15, 0.2) is 0 Å². The van der Waals surface area contributed by atoms with Crippen molar-refractivity contribution in [3.8, 4) is 0 Å². The van der Waals surface area contributed by atoms with E-state index in [0.29, 0.717) is 12.5 Å². The molecule has 0 fully saturated rings. The molecule has 0 saturated carbocycles. The van der Waals surface area contributed by atoms with E-state index in [9.17, 15) is 4.79 Å². The highest BCUT2D eigenvalue weighted by atomic mass is 16.5. The molecule has 0 radical (unpaired) electrons. The molecule has 2 heteroatoms. The van der Waals surface area contributed by atoms with E-state index in [4.69, 9.17) is 4.74 Å². The van der Waals surface area contributed by atoms with E-state index >= 15 is 0 Å². The number of rotatable bonds is 5. The average Bonchev–Trinajstić information content (AvgIpc) is 2.24. The smallest absolute Gasteiger partial charge is 0.309 e. The second-order valence-corrected chi connectivity index (χ2v) is 4.89. The van der Waals surface area contributed by atoms with Crippen LogP contribution in [0.25, 0.3) is 0 Å². The van der Waals surface area contributed by atoms with Crippen LogP contribution < -0.4 is 0 Å². The Kier molecular flexibility index (Phi) is 5.58. The number of carbonyl (C=O) groups excluding carboxylic acids is 1. The van der Waals surface area contributed by atoms with Gasteiger partial charge in [0.25, 0.3) is 0 Å². The van der Waals surface area contributed by atoms with Crippen molar-refractivity contribution in [2.45, 2.75) is 52.9 Å². The summed E-state index contributed by atoms with van der Waals surface area (Å²) in [6.07, 6.45) is 7.51. The highest BCUT2D eigenvalue weighted by Crippen LogP contribution is 2.29. The minimum Gasteiger partial charge on any atom is -0.465 e. The third-order valence-electron chi connectivity index (χ3n) is 3.33. The van der Waals surface area contributed by atoms with E-state index in [-0.39, 0.29) is 11.9 Å². The molecule has 1 aliphatic rings. The van der Waals surface area contributed by atoms with Crippen LogP contribution in [0.4, 0.5) is 0 Å². The van der Waals surface area contributed by atoms with Gasteiger partial charge in [0.05, 0.1) is 12.5 Å². The van der Waals surface area contributed by atoms with Crippen LogP contribution in [-0.4, -0.2) is 12.6 Å². The van der Waals surface area contributed by atoms with Crippen LogP contribution in [0.1, 0.15) is 52.9 Å². The minimum absolute atomic E-state index is 0.00681. The predicted octanol–water partition coefficient (Wildman–Crippen LogP) is 3.71.